The summed E-state index contributed by atoms with van der Waals surface area (Å²) in [6, 6.07) is 4.45. The molecule has 2 rings (SSSR count). The average molecular weight is 275 g/mol. The molecule has 94 valence electrons. The molecule has 1 aromatic carbocycles. The van der Waals surface area contributed by atoms with Gasteiger partial charge in [0.1, 0.15) is 4.90 Å². The van der Waals surface area contributed by atoms with Crippen molar-refractivity contribution in [2.75, 3.05) is 5.73 Å². The van der Waals surface area contributed by atoms with Crippen molar-refractivity contribution in [1.29, 1.82) is 0 Å². The third kappa shape index (κ3) is 2.56. The maximum absolute atomic E-state index is 12.2. The van der Waals surface area contributed by atoms with Gasteiger partial charge in [-0.3, -0.25) is 0 Å². The minimum Gasteiger partial charge on any atom is -0.399 e. The fourth-order valence-corrected chi connectivity index (χ4v) is 3.92. The van der Waals surface area contributed by atoms with Crippen LogP contribution in [0.15, 0.2) is 23.1 Å². The van der Waals surface area contributed by atoms with E-state index < -0.39 is 10.0 Å². The van der Waals surface area contributed by atoms with Gasteiger partial charge in [-0.15, -0.1) is 0 Å². The zero-order valence-corrected chi connectivity index (χ0v) is 11.1. The molecule has 1 fully saturated rings. The van der Waals surface area contributed by atoms with Crippen LogP contribution in [0.4, 0.5) is 5.69 Å². The van der Waals surface area contributed by atoms with Gasteiger partial charge in [-0.25, -0.2) is 13.1 Å². The molecule has 1 aromatic rings. The number of halogens is 1. The molecule has 4 nitrogen and oxygen atoms in total. The van der Waals surface area contributed by atoms with Crippen LogP contribution in [0.1, 0.15) is 26.2 Å². The standard InChI is InChI=1S/C11H15ClN2O2S/c1-11(5-2-6-11)14-17(15,16)10-7-8(13)3-4-9(10)12/h3-4,7,14H,2,5-6,13H2,1H3. The van der Waals surface area contributed by atoms with Crippen molar-refractivity contribution < 1.29 is 8.42 Å². The number of nitrogens with two attached hydrogens (primary N) is 1. The van der Waals surface area contributed by atoms with Gasteiger partial charge in [0.2, 0.25) is 10.0 Å². The molecular weight excluding hydrogens is 260 g/mol. The topological polar surface area (TPSA) is 72.2 Å². The number of nitrogens with one attached hydrogen (secondary N) is 1. The third-order valence-corrected chi connectivity index (χ3v) is 5.20. The zero-order valence-electron chi connectivity index (χ0n) is 9.53. The first-order valence-electron chi connectivity index (χ1n) is 5.41. The number of benzene rings is 1. The number of hydrogen-bond acceptors (Lipinski definition) is 3. The quantitative estimate of drug-likeness (QED) is 0.830. The molecule has 1 aliphatic rings. The Hall–Kier alpha value is -0.780. The fraction of sp³-hybridized carbons (Fsp3) is 0.455. The minimum absolute atomic E-state index is 0.0484. The van der Waals surface area contributed by atoms with Gasteiger partial charge < -0.3 is 5.73 Å². The van der Waals surface area contributed by atoms with Crippen molar-refractivity contribution in [1.82, 2.24) is 4.72 Å². The molecule has 0 atom stereocenters. The number of hydrogen-bond donors (Lipinski definition) is 2. The van der Waals surface area contributed by atoms with Crippen molar-refractivity contribution >= 4 is 27.3 Å². The van der Waals surface area contributed by atoms with Crippen molar-refractivity contribution in [3.8, 4) is 0 Å². The Balaban J connectivity index is 2.34. The van der Waals surface area contributed by atoms with Crippen LogP contribution in [0.5, 0.6) is 0 Å². The van der Waals surface area contributed by atoms with Gasteiger partial charge in [0.15, 0.2) is 0 Å². The smallest absolute Gasteiger partial charge is 0.242 e. The van der Waals surface area contributed by atoms with Crippen molar-refractivity contribution in [3.05, 3.63) is 23.2 Å². The van der Waals surface area contributed by atoms with Gasteiger partial charge in [-0.05, 0) is 44.4 Å². The molecular formula is C11H15ClN2O2S. The molecule has 0 bridgehead atoms. The monoisotopic (exact) mass is 274 g/mol. The molecule has 0 aromatic heterocycles. The minimum atomic E-state index is -3.59. The van der Waals surface area contributed by atoms with Gasteiger partial charge >= 0.3 is 0 Å². The fourth-order valence-electron chi connectivity index (χ4n) is 1.91. The first-order chi connectivity index (χ1) is 7.82. The van der Waals surface area contributed by atoms with Crippen molar-refractivity contribution in [2.45, 2.75) is 36.6 Å². The Morgan fingerprint density at radius 3 is 2.59 bits per heavy atom. The molecule has 3 N–H and O–H groups in total. The van der Waals surface area contributed by atoms with Gasteiger partial charge in [-0.1, -0.05) is 11.6 Å². The summed E-state index contributed by atoms with van der Waals surface area (Å²) in [5.74, 6) is 0. The van der Waals surface area contributed by atoms with E-state index in [1.165, 1.54) is 12.1 Å². The Bertz CT molecular complexity index is 538. The summed E-state index contributed by atoms with van der Waals surface area (Å²) in [7, 11) is -3.59. The third-order valence-electron chi connectivity index (χ3n) is 3.08. The van der Waals surface area contributed by atoms with E-state index in [1.807, 2.05) is 6.92 Å². The lowest BCUT2D eigenvalue weighted by atomic mass is 9.80. The van der Waals surface area contributed by atoms with Crippen LogP contribution in [0.3, 0.4) is 0 Å². The highest BCUT2D eigenvalue weighted by molar-refractivity contribution is 7.89. The molecule has 17 heavy (non-hydrogen) atoms. The molecule has 0 amide bonds. The van der Waals surface area contributed by atoms with E-state index >= 15 is 0 Å². The molecule has 0 unspecified atom stereocenters. The predicted octanol–water partition coefficient (Wildman–Crippen LogP) is 2.14. The summed E-state index contributed by atoms with van der Waals surface area (Å²) in [6.45, 7) is 1.90. The SMILES string of the molecule is CC1(NS(=O)(=O)c2cc(N)ccc2Cl)CCC1. The van der Waals surface area contributed by atoms with Crippen LogP contribution in [0.2, 0.25) is 5.02 Å². The Morgan fingerprint density at radius 2 is 2.06 bits per heavy atom. The highest BCUT2D eigenvalue weighted by atomic mass is 35.5. The first kappa shape index (κ1) is 12.7. The first-order valence-corrected chi connectivity index (χ1v) is 7.28. The summed E-state index contributed by atoms with van der Waals surface area (Å²) in [4.78, 5) is 0.0484. The number of nitrogen functional groups attached to an aromatic ring is 1. The van der Waals surface area contributed by atoms with Crippen molar-refractivity contribution in [3.63, 3.8) is 0 Å². The van der Waals surface area contributed by atoms with Crippen LogP contribution in [-0.4, -0.2) is 14.0 Å². The van der Waals surface area contributed by atoms with E-state index in [0.717, 1.165) is 19.3 Å². The second-order valence-corrected chi connectivity index (χ2v) is 6.77. The maximum Gasteiger partial charge on any atom is 0.242 e. The van der Waals surface area contributed by atoms with E-state index in [4.69, 9.17) is 17.3 Å². The predicted molar refractivity (Wildman–Crippen MR) is 68.4 cm³/mol. The van der Waals surface area contributed by atoms with Gasteiger partial charge in [-0.2, -0.15) is 0 Å². The molecule has 0 spiro atoms. The highest BCUT2D eigenvalue weighted by Crippen LogP contribution is 2.33. The second kappa shape index (κ2) is 4.15. The normalized spacial score (nSPS) is 18.7. The van der Waals surface area contributed by atoms with Crippen LogP contribution >= 0.6 is 11.6 Å². The average Bonchev–Trinajstić information content (AvgIpc) is 2.18. The lowest BCUT2D eigenvalue weighted by Crippen LogP contribution is -2.50. The largest absolute Gasteiger partial charge is 0.399 e. The second-order valence-electron chi connectivity index (χ2n) is 4.71. The van der Waals surface area contributed by atoms with Gasteiger partial charge in [0.25, 0.3) is 0 Å². The molecule has 6 heteroatoms. The highest BCUT2D eigenvalue weighted by Gasteiger charge is 2.36. The van der Waals surface area contributed by atoms with E-state index in [-0.39, 0.29) is 15.5 Å². The Labute approximate surface area is 106 Å². The number of rotatable bonds is 3. The summed E-state index contributed by atoms with van der Waals surface area (Å²) < 4.78 is 27.0. The van der Waals surface area contributed by atoms with E-state index in [1.54, 1.807) is 6.07 Å². The van der Waals surface area contributed by atoms with Crippen LogP contribution in [-0.2, 0) is 10.0 Å². The molecule has 1 aliphatic carbocycles. The van der Waals surface area contributed by atoms with Crippen LogP contribution in [0.25, 0.3) is 0 Å². The lowest BCUT2D eigenvalue weighted by molar-refractivity contribution is 0.248. The molecule has 0 radical (unpaired) electrons. The summed E-state index contributed by atoms with van der Waals surface area (Å²) >= 11 is 5.90. The zero-order chi connectivity index (χ0) is 12.7. The summed E-state index contributed by atoms with van der Waals surface area (Å²) in [5.41, 5.74) is 5.63. The van der Waals surface area contributed by atoms with Gasteiger partial charge in [0, 0.05) is 11.2 Å². The molecule has 1 saturated carbocycles. The van der Waals surface area contributed by atoms with E-state index in [9.17, 15) is 8.42 Å². The van der Waals surface area contributed by atoms with E-state index in [2.05, 4.69) is 4.72 Å². The molecule has 0 aliphatic heterocycles. The Morgan fingerprint density at radius 1 is 1.41 bits per heavy atom. The Kier molecular flexibility index (Phi) is 3.10. The molecule has 0 heterocycles. The van der Waals surface area contributed by atoms with Crippen LogP contribution in [0, 0.1) is 0 Å². The lowest BCUT2D eigenvalue weighted by Gasteiger charge is -2.38. The molecule has 0 saturated heterocycles. The summed E-state index contributed by atoms with van der Waals surface area (Å²) in [6.07, 6.45) is 2.75. The van der Waals surface area contributed by atoms with Crippen LogP contribution < -0.4 is 10.5 Å². The van der Waals surface area contributed by atoms with E-state index in [0.29, 0.717) is 5.69 Å². The summed E-state index contributed by atoms with van der Waals surface area (Å²) in [5, 5.41) is 0.189. The van der Waals surface area contributed by atoms with Gasteiger partial charge in [0.05, 0.1) is 5.02 Å². The number of anilines is 1. The number of sulfonamides is 1. The van der Waals surface area contributed by atoms with Crippen molar-refractivity contribution in [2.24, 2.45) is 0 Å². The maximum atomic E-state index is 12.2.